The lowest BCUT2D eigenvalue weighted by Crippen LogP contribution is -2.32. The van der Waals surface area contributed by atoms with Crippen LogP contribution in [-0.2, 0) is 4.79 Å². The lowest BCUT2D eigenvalue weighted by molar-refractivity contribution is -0.121. The first-order valence-electron chi connectivity index (χ1n) is 4.69. The van der Waals surface area contributed by atoms with Crippen LogP contribution in [0.1, 0.15) is 39.0 Å². The number of hydrogen-bond acceptors (Lipinski definition) is 2. The van der Waals surface area contributed by atoms with E-state index >= 15 is 0 Å². The average Bonchev–Trinajstić information content (AvgIpc) is 2.36. The number of aliphatic hydroxyl groups excluding tert-OH is 1. The lowest BCUT2D eigenvalue weighted by atomic mass is 10.2. The molecule has 0 saturated heterocycles. The van der Waals surface area contributed by atoms with Gasteiger partial charge in [-0.2, -0.15) is 0 Å². The van der Waals surface area contributed by atoms with E-state index in [1.165, 1.54) is 0 Å². The van der Waals surface area contributed by atoms with Crippen LogP contribution >= 0.6 is 0 Å². The molecule has 0 aromatic heterocycles. The molecular formula is C9H17NO2. The van der Waals surface area contributed by atoms with E-state index in [4.69, 9.17) is 0 Å². The molecule has 0 bridgehead atoms. The Labute approximate surface area is 73.2 Å². The number of hydrogen-bond donors (Lipinski definition) is 2. The van der Waals surface area contributed by atoms with Crippen LogP contribution in [-0.4, -0.2) is 23.2 Å². The van der Waals surface area contributed by atoms with Crippen molar-refractivity contribution in [1.29, 1.82) is 0 Å². The highest BCUT2D eigenvalue weighted by Gasteiger charge is 2.23. The highest BCUT2D eigenvalue weighted by atomic mass is 16.3. The van der Waals surface area contributed by atoms with Crippen LogP contribution in [0.3, 0.4) is 0 Å². The summed E-state index contributed by atoms with van der Waals surface area (Å²) in [6, 6.07) is 0.221. The molecule has 1 amide bonds. The fourth-order valence-corrected chi connectivity index (χ4v) is 1.62. The second kappa shape index (κ2) is 4.45. The SMILES string of the molecule is CCCC(=O)N[C@H]1CC[C@@H](O)C1. The van der Waals surface area contributed by atoms with E-state index < -0.39 is 0 Å². The first-order valence-corrected chi connectivity index (χ1v) is 4.69. The first kappa shape index (κ1) is 9.52. The van der Waals surface area contributed by atoms with Crippen LogP contribution in [0, 0.1) is 0 Å². The van der Waals surface area contributed by atoms with Crippen molar-refractivity contribution >= 4 is 5.91 Å². The van der Waals surface area contributed by atoms with Crippen molar-refractivity contribution in [3.8, 4) is 0 Å². The maximum Gasteiger partial charge on any atom is 0.220 e. The summed E-state index contributed by atoms with van der Waals surface area (Å²) in [5.41, 5.74) is 0. The molecule has 0 radical (unpaired) electrons. The summed E-state index contributed by atoms with van der Waals surface area (Å²) in [4.78, 5) is 11.1. The summed E-state index contributed by atoms with van der Waals surface area (Å²) < 4.78 is 0. The molecule has 0 unspecified atom stereocenters. The van der Waals surface area contributed by atoms with Crippen LogP contribution in [0.4, 0.5) is 0 Å². The largest absolute Gasteiger partial charge is 0.393 e. The Morgan fingerprint density at radius 1 is 1.58 bits per heavy atom. The van der Waals surface area contributed by atoms with Gasteiger partial charge in [-0.25, -0.2) is 0 Å². The third kappa shape index (κ3) is 2.81. The van der Waals surface area contributed by atoms with Crippen molar-refractivity contribution in [2.75, 3.05) is 0 Å². The molecule has 1 fully saturated rings. The zero-order valence-electron chi connectivity index (χ0n) is 7.55. The molecule has 0 aromatic rings. The fraction of sp³-hybridized carbons (Fsp3) is 0.889. The maximum atomic E-state index is 11.1. The van der Waals surface area contributed by atoms with Crippen LogP contribution in [0.15, 0.2) is 0 Å². The predicted molar refractivity (Wildman–Crippen MR) is 46.7 cm³/mol. The van der Waals surface area contributed by atoms with Gasteiger partial charge in [-0.15, -0.1) is 0 Å². The molecule has 12 heavy (non-hydrogen) atoms. The number of amides is 1. The smallest absolute Gasteiger partial charge is 0.220 e. The quantitative estimate of drug-likeness (QED) is 0.660. The monoisotopic (exact) mass is 171 g/mol. The molecule has 3 heteroatoms. The molecule has 1 saturated carbocycles. The Morgan fingerprint density at radius 3 is 2.83 bits per heavy atom. The Kier molecular flexibility index (Phi) is 3.53. The minimum atomic E-state index is -0.197. The van der Waals surface area contributed by atoms with E-state index in [0.29, 0.717) is 6.42 Å². The Bertz CT molecular complexity index is 159. The molecule has 1 aliphatic rings. The van der Waals surface area contributed by atoms with Gasteiger partial charge < -0.3 is 10.4 Å². The molecule has 70 valence electrons. The third-order valence-corrected chi connectivity index (χ3v) is 2.25. The molecule has 0 aromatic carbocycles. The molecule has 0 aliphatic heterocycles. The molecule has 2 N–H and O–H groups in total. The molecule has 0 heterocycles. The number of nitrogens with one attached hydrogen (secondary N) is 1. The van der Waals surface area contributed by atoms with E-state index in [1.807, 2.05) is 6.92 Å². The molecule has 1 rings (SSSR count). The van der Waals surface area contributed by atoms with E-state index in [1.54, 1.807) is 0 Å². The molecular weight excluding hydrogens is 154 g/mol. The van der Waals surface area contributed by atoms with Crippen molar-refractivity contribution in [3.63, 3.8) is 0 Å². The standard InChI is InChI=1S/C9H17NO2/c1-2-3-9(12)10-7-4-5-8(11)6-7/h7-8,11H,2-6H2,1H3,(H,10,12)/t7-,8+/m0/s1. The average molecular weight is 171 g/mol. The van der Waals surface area contributed by atoms with Crippen LogP contribution in [0.25, 0.3) is 0 Å². The van der Waals surface area contributed by atoms with Gasteiger partial charge in [0.15, 0.2) is 0 Å². The van der Waals surface area contributed by atoms with Gasteiger partial charge in [-0.1, -0.05) is 6.92 Å². The minimum absolute atomic E-state index is 0.122. The van der Waals surface area contributed by atoms with Gasteiger partial charge in [-0.05, 0) is 25.7 Å². The van der Waals surface area contributed by atoms with Crippen molar-refractivity contribution in [2.45, 2.75) is 51.2 Å². The van der Waals surface area contributed by atoms with Gasteiger partial charge in [0.1, 0.15) is 0 Å². The lowest BCUT2D eigenvalue weighted by Gasteiger charge is -2.11. The zero-order chi connectivity index (χ0) is 8.97. The Morgan fingerprint density at radius 2 is 2.33 bits per heavy atom. The second-order valence-corrected chi connectivity index (χ2v) is 3.48. The van der Waals surface area contributed by atoms with E-state index in [-0.39, 0.29) is 18.1 Å². The Hall–Kier alpha value is -0.570. The summed E-state index contributed by atoms with van der Waals surface area (Å²) in [5.74, 6) is 0.122. The van der Waals surface area contributed by atoms with E-state index in [2.05, 4.69) is 5.32 Å². The summed E-state index contributed by atoms with van der Waals surface area (Å²) in [7, 11) is 0. The summed E-state index contributed by atoms with van der Waals surface area (Å²) in [5, 5.41) is 12.1. The maximum absolute atomic E-state index is 11.1. The van der Waals surface area contributed by atoms with Crippen LogP contribution in [0.2, 0.25) is 0 Å². The van der Waals surface area contributed by atoms with Gasteiger partial charge in [0.05, 0.1) is 6.10 Å². The number of aliphatic hydroxyl groups is 1. The Balaban J connectivity index is 2.18. The van der Waals surface area contributed by atoms with Crippen molar-refractivity contribution < 1.29 is 9.90 Å². The van der Waals surface area contributed by atoms with Crippen molar-refractivity contribution in [2.24, 2.45) is 0 Å². The normalized spacial score (nSPS) is 28.8. The number of rotatable bonds is 3. The summed E-state index contributed by atoms with van der Waals surface area (Å²) >= 11 is 0. The minimum Gasteiger partial charge on any atom is -0.393 e. The fourth-order valence-electron chi connectivity index (χ4n) is 1.62. The van der Waals surface area contributed by atoms with Gasteiger partial charge >= 0.3 is 0 Å². The predicted octanol–water partition coefficient (Wildman–Crippen LogP) is 0.816. The highest BCUT2D eigenvalue weighted by Crippen LogP contribution is 2.18. The summed E-state index contributed by atoms with van der Waals surface area (Å²) in [6.45, 7) is 1.99. The molecule has 1 aliphatic carbocycles. The van der Waals surface area contributed by atoms with E-state index in [9.17, 15) is 9.90 Å². The van der Waals surface area contributed by atoms with Crippen molar-refractivity contribution in [1.82, 2.24) is 5.32 Å². The molecule has 0 spiro atoms. The van der Waals surface area contributed by atoms with E-state index in [0.717, 1.165) is 25.7 Å². The first-order chi connectivity index (χ1) is 5.72. The highest BCUT2D eigenvalue weighted by molar-refractivity contribution is 5.76. The molecule has 3 nitrogen and oxygen atoms in total. The van der Waals surface area contributed by atoms with Gasteiger partial charge in [-0.3, -0.25) is 4.79 Å². The van der Waals surface area contributed by atoms with Gasteiger partial charge in [0.25, 0.3) is 0 Å². The summed E-state index contributed by atoms with van der Waals surface area (Å²) in [6.07, 6.45) is 3.79. The van der Waals surface area contributed by atoms with Crippen LogP contribution in [0.5, 0.6) is 0 Å². The third-order valence-electron chi connectivity index (χ3n) is 2.25. The molecule has 2 atom stereocenters. The van der Waals surface area contributed by atoms with Gasteiger partial charge in [0, 0.05) is 12.5 Å². The second-order valence-electron chi connectivity index (χ2n) is 3.48. The zero-order valence-corrected chi connectivity index (χ0v) is 7.55. The van der Waals surface area contributed by atoms with Gasteiger partial charge in [0.2, 0.25) is 5.91 Å². The topological polar surface area (TPSA) is 49.3 Å². The van der Waals surface area contributed by atoms with Crippen LogP contribution < -0.4 is 5.32 Å². The number of carbonyl (C=O) groups is 1. The van der Waals surface area contributed by atoms with Crippen molar-refractivity contribution in [3.05, 3.63) is 0 Å². The number of carbonyl (C=O) groups excluding carboxylic acids is 1.